The number of hydrogen-bond acceptors (Lipinski definition) is 0. The van der Waals surface area contributed by atoms with Crippen LogP contribution in [0.1, 0.15) is 11.1 Å². The van der Waals surface area contributed by atoms with Crippen molar-refractivity contribution in [3.63, 3.8) is 0 Å². The summed E-state index contributed by atoms with van der Waals surface area (Å²) in [4.78, 5) is 0. The van der Waals surface area contributed by atoms with E-state index in [1.807, 2.05) is 0 Å². The van der Waals surface area contributed by atoms with Crippen LogP contribution in [0.25, 0.3) is 27.9 Å². The fraction of sp³-hybridized carbons (Fsp3) is 0.0833. The van der Waals surface area contributed by atoms with E-state index in [0.717, 1.165) is 0 Å². The van der Waals surface area contributed by atoms with Gasteiger partial charge in [0.1, 0.15) is 0 Å². The zero-order valence-electron chi connectivity index (χ0n) is 14.6. The summed E-state index contributed by atoms with van der Waals surface area (Å²) in [6, 6.07) is 27.7. The molecule has 0 aliphatic heterocycles. The van der Waals surface area contributed by atoms with Crippen molar-refractivity contribution >= 4 is 0 Å². The monoisotopic (exact) mass is 323 g/mol. The molecule has 0 unspecified atom stereocenters. The molecular formula is C24H21N. The SMILES string of the molecule is Cc1cccc(-n2cc(-c3ccccc3)c(-c3ccccc3)c2)c1C. The molecule has 0 N–H and O–H groups in total. The molecule has 0 saturated heterocycles. The molecule has 1 nitrogen and oxygen atoms in total. The van der Waals surface area contributed by atoms with Crippen molar-refractivity contribution in [1.82, 2.24) is 4.57 Å². The van der Waals surface area contributed by atoms with Crippen LogP contribution in [0.5, 0.6) is 0 Å². The van der Waals surface area contributed by atoms with Crippen molar-refractivity contribution < 1.29 is 0 Å². The van der Waals surface area contributed by atoms with Crippen LogP contribution in [0.4, 0.5) is 0 Å². The second kappa shape index (κ2) is 6.45. The van der Waals surface area contributed by atoms with E-state index >= 15 is 0 Å². The van der Waals surface area contributed by atoms with Gasteiger partial charge in [-0.05, 0) is 42.2 Å². The molecular weight excluding hydrogens is 302 g/mol. The van der Waals surface area contributed by atoms with Gasteiger partial charge in [-0.2, -0.15) is 0 Å². The van der Waals surface area contributed by atoms with E-state index in [1.54, 1.807) is 0 Å². The summed E-state index contributed by atoms with van der Waals surface area (Å²) in [6.45, 7) is 4.35. The molecule has 0 amide bonds. The first-order valence-electron chi connectivity index (χ1n) is 8.63. The highest BCUT2D eigenvalue weighted by molar-refractivity contribution is 5.83. The molecule has 0 spiro atoms. The van der Waals surface area contributed by atoms with E-state index in [1.165, 1.54) is 39.1 Å². The minimum absolute atomic E-state index is 1.24. The third-order valence-corrected chi connectivity index (χ3v) is 4.85. The Hall–Kier alpha value is -3.06. The van der Waals surface area contributed by atoms with Crippen LogP contribution >= 0.6 is 0 Å². The van der Waals surface area contributed by atoms with Gasteiger partial charge in [0, 0.05) is 29.2 Å². The largest absolute Gasteiger partial charge is 0.322 e. The Labute approximate surface area is 149 Å². The van der Waals surface area contributed by atoms with E-state index < -0.39 is 0 Å². The molecule has 4 rings (SSSR count). The predicted molar refractivity (Wildman–Crippen MR) is 106 cm³/mol. The lowest BCUT2D eigenvalue weighted by Crippen LogP contribution is -1.95. The summed E-state index contributed by atoms with van der Waals surface area (Å²) >= 11 is 0. The van der Waals surface area contributed by atoms with Crippen molar-refractivity contribution in [2.24, 2.45) is 0 Å². The topological polar surface area (TPSA) is 4.93 Å². The molecule has 3 aromatic carbocycles. The van der Waals surface area contributed by atoms with Crippen LogP contribution in [0, 0.1) is 13.8 Å². The number of aryl methyl sites for hydroxylation is 1. The van der Waals surface area contributed by atoms with Gasteiger partial charge in [-0.15, -0.1) is 0 Å². The lowest BCUT2D eigenvalue weighted by molar-refractivity contribution is 1.05. The average molecular weight is 323 g/mol. The Morgan fingerprint density at radius 2 is 1.08 bits per heavy atom. The van der Waals surface area contributed by atoms with Crippen LogP contribution in [-0.2, 0) is 0 Å². The Morgan fingerprint density at radius 3 is 1.60 bits per heavy atom. The molecule has 122 valence electrons. The van der Waals surface area contributed by atoms with Gasteiger partial charge in [0.2, 0.25) is 0 Å². The van der Waals surface area contributed by atoms with Crippen LogP contribution in [0.15, 0.2) is 91.3 Å². The molecule has 0 aliphatic rings. The molecule has 0 bridgehead atoms. The second-order valence-corrected chi connectivity index (χ2v) is 6.44. The van der Waals surface area contributed by atoms with Crippen LogP contribution in [-0.4, -0.2) is 4.57 Å². The summed E-state index contributed by atoms with van der Waals surface area (Å²) in [5, 5.41) is 0. The lowest BCUT2D eigenvalue weighted by atomic mass is 9.99. The summed E-state index contributed by atoms with van der Waals surface area (Å²) in [5.74, 6) is 0. The van der Waals surface area contributed by atoms with Crippen molar-refractivity contribution in [2.75, 3.05) is 0 Å². The molecule has 0 saturated carbocycles. The predicted octanol–water partition coefficient (Wildman–Crippen LogP) is 6.43. The van der Waals surface area contributed by atoms with E-state index in [4.69, 9.17) is 0 Å². The van der Waals surface area contributed by atoms with E-state index in [-0.39, 0.29) is 0 Å². The van der Waals surface area contributed by atoms with Gasteiger partial charge in [0.25, 0.3) is 0 Å². The van der Waals surface area contributed by atoms with Crippen LogP contribution < -0.4 is 0 Å². The fourth-order valence-corrected chi connectivity index (χ4v) is 3.30. The molecule has 0 aliphatic carbocycles. The molecule has 4 aromatic rings. The summed E-state index contributed by atoms with van der Waals surface area (Å²) in [7, 11) is 0. The molecule has 25 heavy (non-hydrogen) atoms. The molecule has 0 atom stereocenters. The highest BCUT2D eigenvalue weighted by Crippen LogP contribution is 2.34. The van der Waals surface area contributed by atoms with Gasteiger partial charge in [0.15, 0.2) is 0 Å². The quantitative estimate of drug-likeness (QED) is 0.409. The van der Waals surface area contributed by atoms with Gasteiger partial charge in [-0.25, -0.2) is 0 Å². The first kappa shape index (κ1) is 15.5. The summed E-state index contributed by atoms with van der Waals surface area (Å²) in [6.07, 6.45) is 4.50. The summed E-state index contributed by atoms with van der Waals surface area (Å²) in [5.41, 5.74) is 8.86. The van der Waals surface area contributed by atoms with Crippen molar-refractivity contribution in [3.05, 3.63) is 102 Å². The summed E-state index contributed by atoms with van der Waals surface area (Å²) < 4.78 is 2.26. The molecule has 1 heteroatoms. The minimum atomic E-state index is 1.24. The zero-order valence-corrected chi connectivity index (χ0v) is 14.6. The third-order valence-electron chi connectivity index (χ3n) is 4.85. The smallest absolute Gasteiger partial charge is 0.0481 e. The Kier molecular flexibility index (Phi) is 3.99. The van der Waals surface area contributed by atoms with E-state index in [2.05, 4.69) is 110 Å². The fourth-order valence-electron chi connectivity index (χ4n) is 3.30. The molecule has 0 radical (unpaired) electrons. The van der Waals surface area contributed by atoms with Crippen LogP contribution in [0.3, 0.4) is 0 Å². The maximum atomic E-state index is 2.26. The second-order valence-electron chi connectivity index (χ2n) is 6.44. The maximum absolute atomic E-state index is 2.26. The third kappa shape index (κ3) is 2.89. The number of rotatable bonds is 3. The first-order valence-corrected chi connectivity index (χ1v) is 8.63. The van der Waals surface area contributed by atoms with Crippen molar-refractivity contribution in [3.8, 4) is 27.9 Å². The van der Waals surface area contributed by atoms with Crippen molar-refractivity contribution in [2.45, 2.75) is 13.8 Å². The van der Waals surface area contributed by atoms with Gasteiger partial charge < -0.3 is 4.57 Å². The lowest BCUT2D eigenvalue weighted by Gasteiger charge is -2.09. The molecule has 0 fully saturated rings. The number of aromatic nitrogens is 1. The van der Waals surface area contributed by atoms with Gasteiger partial charge in [0.05, 0.1) is 0 Å². The van der Waals surface area contributed by atoms with Crippen LogP contribution in [0.2, 0.25) is 0 Å². The van der Waals surface area contributed by atoms with E-state index in [0.29, 0.717) is 0 Å². The van der Waals surface area contributed by atoms with Gasteiger partial charge >= 0.3 is 0 Å². The zero-order chi connectivity index (χ0) is 17.2. The number of hydrogen-bond donors (Lipinski definition) is 0. The molecule has 1 aromatic heterocycles. The number of nitrogens with zero attached hydrogens (tertiary/aromatic N) is 1. The van der Waals surface area contributed by atoms with Crippen molar-refractivity contribution in [1.29, 1.82) is 0 Å². The highest BCUT2D eigenvalue weighted by Gasteiger charge is 2.13. The van der Waals surface area contributed by atoms with Gasteiger partial charge in [-0.3, -0.25) is 0 Å². The normalized spacial score (nSPS) is 10.8. The van der Waals surface area contributed by atoms with E-state index in [9.17, 15) is 0 Å². The average Bonchev–Trinajstić information content (AvgIpc) is 3.10. The highest BCUT2D eigenvalue weighted by atomic mass is 15.0. The first-order chi connectivity index (χ1) is 12.2. The Bertz CT molecular complexity index is 938. The Balaban J connectivity index is 1.94. The minimum Gasteiger partial charge on any atom is -0.322 e. The number of benzene rings is 3. The maximum Gasteiger partial charge on any atom is 0.0481 e. The molecule has 1 heterocycles. The van der Waals surface area contributed by atoms with Gasteiger partial charge in [-0.1, -0.05) is 72.8 Å². The standard InChI is InChI=1S/C24H21N/c1-18-10-9-15-24(19(18)2)25-16-22(20-11-5-3-6-12-20)23(17-25)21-13-7-4-8-14-21/h3-17H,1-2H3. The Morgan fingerprint density at radius 1 is 0.560 bits per heavy atom.